The second-order valence-corrected chi connectivity index (χ2v) is 4.24. The van der Waals surface area contributed by atoms with Crippen LogP contribution in [0.5, 0.6) is 0 Å². The summed E-state index contributed by atoms with van der Waals surface area (Å²) < 4.78 is 5.44. The number of hydrogen-bond donors (Lipinski definition) is 4. The lowest BCUT2D eigenvalue weighted by Crippen LogP contribution is -2.53. The SMILES string of the molecule is CC1C(O)C(CO)OC1N1C=CC(=O)NC1O. The van der Waals surface area contributed by atoms with Crippen LogP contribution in [0.15, 0.2) is 12.3 Å². The van der Waals surface area contributed by atoms with Gasteiger partial charge in [0.05, 0.1) is 12.7 Å². The third-order valence-electron chi connectivity index (χ3n) is 3.11. The quantitative estimate of drug-likeness (QED) is 0.445. The third-order valence-corrected chi connectivity index (χ3v) is 3.11. The van der Waals surface area contributed by atoms with Gasteiger partial charge in [-0.1, -0.05) is 6.92 Å². The maximum atomic E-state index is 11.0. The Morgan fingerprint density at radius 3 is 2.76 bits per heavy atom. The minimum atomic E-state index is -1.19. The number of rotatable bonds is 2. The summed E-state index contributed by atoms with van der Waals surface area (Å²) in [5, 5.41) is 30.8. The highest BCUT2D eigenvalue weighted by Crippen LogP contribution is 2.30. The molecule has 0 aromatic carbocycles. The number of hydrogen-bond acceptors (Lipinski definition) is 6. The van der Waals surface area contributed by atoms with Gasteiger partial charge in [0.15, 0.2) is 0 Å². The van der Waals surface area contributed by atoms with E-state index >= 15 is 0 Å². The predicted molar refractivity (Wildman–Crippen MR) is 56.0 cm³/mol. The van der Waals surface area contributed by atoms with Crippen molar-refractivity contribution in [3.8, 4) is 0 Å². The van der Waals surface area contributed by atoms with Crippen LogP contribution in [0, 0.1) is 5.92 Å². The molecule has 1 fully saturated rings. The first-order chi connectivity index (χ1) is 8.04. The lowest BCUT2D eigenvalue weighted by molar-refractivity contribution is -0.145. The Balaban J connectivity index is 2.13. The van der Waals surface area contributed by atoms with E-state index in [-0.39, 0.29) is 12.5 Å². The van der Waals surface area contributed by atoms with Gasteiger partial charge in [-0.25, -0.2) is 0 Å². The van der Waals surface area contributed by atoms with Crippen molar-refractivity contribution >= 4 is 5.91 Å². The van der Waals surface area contributed by atoms with E-state index in [4.69, 9.17) is 9.84 Å². The maximum Gasteiger partial charge on any atom is 0.248 e. The monoisotopic (exact) mass is 244 g/mol. The number of aliphatic hydroxyl groups is 3. The Labute approximate surface area is 98.3 Å². The van der Waals surface area contributed by atoms with Crippen molar-refractivity contribution in [3.05, 3.63) is 12.3 Å². The van der Waals surface area contributed by atoms with E-state index in [0.717, 1.165) is 0 Å². The molecule has 5 atom stereocenters. The van der Waals surface area contributed by atoms with Crippen LogP contribution >= 0.6 is 0 Å². The van der Waals surface area contributed by atoms with E-state index < -0.39 is 30.7 Å². The lowest BCUT2D eigenvalue weighted by Gasteiger charge is -2.35. The average Bonchev–Trinajstić information content (AvgIpc) is 2.57. The van der Waals surface area contributed by atoms with Gasteiger partial charge in [0.25, 0.3) is 0 Å². The van der Waals surface area contributed by atoms with Crippen molar-refractivity contribution in [2.45, 2.75) is 31.7 Å². The summed E-state index contributed by atoms with van der Waals surface area (Å²) in [5.41, 5.74) is 0. The van der Waals surface area contributed by atoms with Crippen LogP contribution in [-0.4, -0.2) is 57.5 Å². The zero-order valence-electron chi connectivity index (χ0n) is 9.35. The van der Waals surface area contributed by atoms with Gasteiger partial charge in [-0.3, -0.25) is 4.79 Å². The van der Waals surface area contributed by atoms with E-state index in [1.165, 1.54) is 17.2 Å². The third kappa shape index (κ3) is 2.14. The van der Waals surface area contributed by atoms with Crippen LogP contribution in [0.25, 0.3) is 0 Å². The molecule has 0 bridgehead atoms. The predicted octanol–water partition coefficient (Wildman–Crippen LogP) is -2.08. The van der Waals surface area contributed by atoms with Gasteiger partial charge in [0, 0.05) is 18.2 Å². The van der Waals surface area contributed by atoms with Crippen molar-refractivity contribution in [3.63, 3.8) is 0 Å². The summed E-state index contributed by atoms with van der Waals surface area (Å²) in [6, 6.07) is 0. The van der Waals surface area contributed by atoms with E-state index in [1.807, 2.05) is 0 Å². The fourth-order valence-electron chi connectivity index (χ4n) is 2.09. The van der Waals surface area contributed by atoms with E-state index in [1.54, 1.807) is 6.92 Å². The van der Waals surface area contributed by atoms with Gasteiger partial charge in [0.1, 0.15) is 12.3 Å². The smallest absolute Gasteiger partial charge is 0.248 e. The summed E-state index contributed by atoms with van der Waals surface area (Å²) in [4.78, 5) is 12.4. The van der Waals surface area contributed by atoms with Crippen molar-refractivity contribution in [1.82, 2.24) is 10.2 Å². The molecule has 0 radical (unpaired) electrons. The van der Waals surface area contributed by atoms with Gasteiger partial charge >= 0.3 is 0 Å². The Morgan fingerprint density at radius 2 is 2.24 bits per heavy atom. The maximum absolute atomic E-state index is 11.0. The minimum absolute atomic E-state index is 0.290. The molecule has 0 saturated carbocycles. The number of carbonyl (C=O) groups is 1. The molecule has 7 nitrogen and oxygen atoms in total. The van der Waals surface area contributed by atoms with Crippen LogP contribution in [0.2, 0.25) is 0 Å². The molecule has 1 saturated heterocycles. The van der Waals surface area contributed by atoms with Crippen LogP contribution < -0.4 is 5.32 Å². The standard InChI is InChI=1S/C10H16N2O5/c1-5-8(15)6(4-13)17-9(5)12-3-2-7(14)11-10(12)16/h2-3,5-6,8-10,13,15-16H,4H2,1H3,(H,11,14). The number of ether oxygens (including phenoxy) is 1. The van der Waals surface area contributed by atoms with Crippen LogP contribution in [-0.2, 0) is 9.53 Å². The fraction of sp³-hybridized carbons (Fsp3) is 0.700. The minimum Gasteiger partial charge on any atom is -0.394 e. The van der Waals surface area contributed by atoms with Crippen molar-refractivity contribution in [2.75, 3.05) is 6.61 Å². The van der Waals surface area contributed by atoms with E-state index in [2.05, 4.69) is 5.32 Å². The van der Waals surface area contributed by atoms with Crippen LogP contribution in [0.1, 0.15) is 6.92 Å². The normalized spacial score (nSPS) is 41.8. The number of nitrogens with zero attached hydrogens (tertiary/aromatic N) is 1. The van der Waals surface area contributed by atoms with Gasteiger partial charge in [-0.2, -0.15) is 0 Å². The summed E-state index contributed by atoms with van der Waals surface area (Å²) in [6.45, 7) is 1.46. The zero-order valence-corrected chi connectivity index (χ0v) is 9.35. The number of aliphatic hydroxyl groups excluding tert-OH is 3. The van der Waals surface area contributed by atoms with Gasteiger partial charge in [-0.15, -0.1) is 0 Å². The second-order valence-electron chi connectivity index (χ2n) is 4.24. The Kier molecular flexibility index (Phi) is 3.34. The molecule has 2 heterocycles. The highest BCUT2D eigenvalue weighted by molar-refractivity contribution is 5.88. The van der Waals surface area contributed by atoms with Crippen LogP contribution in [0.3, 0.4) is 0 Å². The molecule has 0 spiro atoms. The molecule has 2 aliphatic heterocycles. The molecule has 2 aliphatic rings. The molecule has 7 heteroatoms. The first-order valence-corrected chi connectivity index (χ1v) is 5.43. The molecular weight excluding hydrogens is 228 g/mol. The van der Waals surface area contributed by atoms with E-state index in [9.17, 15) is 15.0 Å². The molecule has 5 unspecified atom stereocenters. The average molecular weight is 244 g/mol. The number of amides is 1. The first-order valence-electron chi connectivity index (χ1n) is 5.43. The Hall–Kier alpha value is -1.15. The molecule has 1 amide bonds. The second kappa shape index (κ2) is 4.61. The van der Waals surface area contributed by atoms with Gasteiger partial charge in [0.2, 0.25) is 12.3 Å². The topological polar surface area (TPSA) is 102 Å². The van der Waals surface area contributed by atoms with Crippen molar-refractivity contribution < 1.29 is 24.9 Å². The summed E-state index contributed by atoms with van der Waals surface area (Å²) in [5.74, 6) is -0.680. The lowest BCUT2D eigenvalue weighted by atomic mass is 10.0. The molecule has 2 rings (SSSR count). The molecule has 0 aromatic rings. The molecular formula is C10H16N2O5. The van der Waals surface area contributed by atoms with Crippen LogP contribution in [0.4, 0.5) is 0 Å². The highest BCUT2D eigenvalue weighted by Gasteiger charge is 2.44. The first kappa shape index (κ1) is 12.3. The Bertz CT molecular complexity index is 335. The zero-order chi connectivity index (χ0) is 12.6. The van der Waals surface area contributed by atoms with E-state index in [0.29, 0.717) is 0 Å². The van der Waals surface area contributed by atoms with Gasteiger partial charge < -0.3 is 30.3 Å². The fourth-order valence-corrected chi connectivity index (χ4v) is 2.09. The largest absolute Gasteiger partial charge is 0.394 e. The molecule has 0 aromatic heterocycles. The highest BCUT2D eigenvalue weighted by atomic mass is 16.5. The number of nitrogens with one attached hydrogen (secondary N) is 1. The summed E-state index contributed by atoms with van der Waals surface area (Å²) >= 11 is 0. The molecule has 96 valence electrons. The summed E-state index contributed by atoms with van der Waals surface area (Å²) in [7, 11) is 0. The summed E-state index contributed by atoms with van der Waals surface area (Å²) in [6.07, 6.45) is -0.575. The molecule has 17 heavy (non-hydrogen) atoms. The Morgan fingerprint density at radius 1 is 1.53 bits per heavy atom. The van der Waals surface area contributed by atoms with Gasteiger partial charge in [-0.05, 0) is 0 Å². The molecule has 0 aliphatic carbocycles. The van der Waals surface area contributed by atoms with Crippen molar-refractivity contribution in [1.29, 1.82) is 0 Å². The van der Waals surface area contributed by atoms with Crippen molar-refractivity contribution in [2.24, 2.45) is 5.92 Å². The molecule has 4 N–H and O–H groups in total. The number of carbonyl (C=O) groups excluding carboxylic acids is 1.